The lowest BCUT2D eigenvalue weighted by Crippen LogP contribution is -2.59. The third-order valence-corrected chi connectivity index (χ3v) is 8.88. The van der Waals surface area contributed by atoms with Crippen LogP contribution in [-0.4, -0.2) is 26.9 Å². The summed E-state index contributed by atoms with van der Waals surface area (Å²) in [6, 6.07) is 0.341. The number of nitrogens with one attached hydrogen (secondary N) is 1. The van der Waals surface area contributed by atoms with Crippen LogP contribution < -0.4 is 10.9 Å². The molecule has 2 unspecified atom stereocenters. The number of hydrogen-bond donors (Lipinski definition) is 2. The second-order valence-electron chi connectivity index (χ2n) is 11.0. The van der Waals surface area contributed by atoms with Gasteiger partial charge in [-0.05, 0) is 68.6 Å². The summed E-state index contributed by atoms with van der Waals surface area (Å²) in [6.07, 6.45) is 16.1. The molecule has 5 saturated carbocycles. The molecule has 2 N–H and O–H groups in total. The number of aliphatic carboxylic acids is 1. The number of aromatic nitrogens is 2. The molecule has 7 heteroatoms. The van der Waals surface area contributed by atoms with Crippen LogP contribution in [0.4, 0.5) is 5.69 Å². The summed E-state index contributed by atoms with van der Waals surface area (Å²) < 4.78 is 1.65. The molecule has 6 nitrogen and oxygen atoms in total. The molecule has 0 spiro atoms. The first-order chi connectivity index (χ1) is 14.9. The number of carbonyl (C=O) groups is 1. The number of nitrogens with zero attached hydrogens (tertiary/aromatic N) is 2. The third kappa shape index (κ3) is 4.01. The van der Waals surface area contributed by atoms with Crippen molar-refractivity contribution >= 4 is 23.3 Å². The quantitative estimate of drug-likeness (QED) is 0.648. The predicted molar refractivity (Wildman–Crippen MR) is 121 cm³/mol. The van der Waals surface area contributed by atoms with Crippen molar-refractivity contribution in [2.45, 2.75) is 101 Å². The molecule has 6 rings (SSSR count). The van der Waals surface area contributed by atoms with Crippen molar-refractivity contribution in [2.75, 3.05) is 5.32 Å². The second-order valence-corrected chi connectivity index (χ2v) is 11.4. The SMILES string of the molecule is O=C(O)CC12C[C@H]3C[C@@H](C1)CC(n1ncc(NC4CCCCCCC4)c(Cl)c1=O)(C3)C2. The van der Waals surface area contributed by atoms with Crippen LogP contribution in [0.15, 0.2) is 11.0 Å². The van der Waals surface area contributed by atoms with E-state index >= 15 is 0 Å². The zero-order chi connectivity index (χ0) is 21.6. The maximum absolute atomic E-state index is 13.4. The van der Waals surface area contributed by atoms with E-state index in [1.165, 1.54) is 32.1 Å². The van der Waals surface area contributed by atoms with Crippen molar-refractivity contribution in [3.8, 4) is 0 Å². The Bertz CT molecular complexity index is 892. The number of hydrogen-bond acceptors (Lipinski definition) is 4. The number of carboxylic acid groups (broad SMARTS) is 1. The molecule has 5 fully saturated rings. The Hall–Kier alpha value is -1.56. The molecule has 0 amide bonds. The van der Waals surface area contributed by atoms with E-state index in [0.717, 1.165) is 51.4 Å². The van der Waals surface area contributed by atoms with E-state index in [0.29, 0.717) is 23.6 Å². The van der Waals surface area contributed by atoms with Crippen molar-refractivity contribution in [3.63, 3.8) is 0 Å². The van der Waals surface area contributed by atoms with Crippen LogP contribution in [0, 0.1) is 17.3 Å². The van der Waals surface area contributed by atoms with Gasteiger partial charge in [0.25, 0.3) is 5.56 Å². The minimum Gasteiger partial charge on any atom is -0.481 e. The Balaban J connectivity index is 1.42. The summed E-state index contributed by atoms with van der Waals surface area (Å²) in [5.41, 5.74) is -0.137. The molecule has 4 bridgehead atoms. The molecule has 5 aliphatic rings. The Labute approximate surface area is 188 Å². The lowest BCUT2D eigenvalue weighted by molar-refractivity contribution is -0.151. The van der Waals surface area contributed by atoms with Gasteiger partial charge in [-0.15, -0.1) is 0 Å². The van der Waals surface area contributed by atoms with Crippen molar-refractivity contribution in [1.82, 2.24) is 9.78 Å². The molecule has 1 heterocycles. The van der Waals surface area contributed by atoms with Gasteiger partial charge in [0.15, 0.2) is 0 Å². The topological polar surface area (TPSA) is 84.2 Å². The minimum atomic E-state index is -0.728. The van der Waals surface area contributed by atoms with Crippen molar-refractivity contribution in [2.24, 2.45) is 17.3 Å². The predicted octanol–water partition coefficient (Wildman–Crippen LogP) is 5.19. The number of rotatable bonds is 5. The molecule has 0 radical (unpaired) electrons. The number of halogens is 1. The molecule has 31 heavy (non-hydrogen) atoms. The molecular formula is C24H34ClN3O3. The normalized spacial score (nSPS) is 35.5. The molecule has 5 aliphatic carbocycles. The van der Waals surface area contributed by atoms with E-state index < -0.39 is 5.97 Å². The van der Waals surface area contributed by atoms with Gasteiger partial charge in [0, 0.05) is 6.04 Å². The first-order valence-corrected chi connectivity index (χ1v) is 12.5. The van der Waals surface area contributed by atoms with E-state index in [1.807, 2.05) is 0 Å². The average Bonchev–Trinajstić information content (AvgIpc) is 2.65. The second kappa shape index (κ2) is 8.09. The van der Waals surface area contributed by atoms with E-state index in [9.17, 15) is 14.7 Å². The maximum Gasteiger partial charge on any atom is 0.303 e. The monoisotopic (exact) mass is 447 g/mol. The maximum atomic E-state index is 13.4. The summed E-state index contributed by atoms with van der Waals surface area (Å²) in [5.74, 6) is 0.246. The molecule has 1 aromatic rings. The fourth-order valence-electron chi connectivity index (χ4n) is 7.87. The molecule has 0 saturated heterocycles. The van der Waals surface area contributed by atoms with Gasteiger partial charge in [-0.1, -0.05) is 43.7 Å². The minimum absolute atomic E-state index is 0.195. The van der Waals surface area contributed by atoms with Gasteiger partial charge < -0.3 is 10.4 Å². The Morgan fingerprint density at radius 3 is 2.42 bits per heavy atom. The van der Waals surface area contributed by atoms with E-state index in [2.05, 4.69) is 10.4 Å². The highest BCUT2D eigenvalue weighted by Crippen LogP contribution is 2.65. The van der Waals surface area contributed by atoms with Crippen LogP contribution in [0.2, 0.25) is 5.02 Å². The number of carboxylic acids is 1. The van der Waals surface area contributed by atoms with Gasteiger partial charge in [-0.25, -0.2) is 4.68 Å². The molecule has 4 atom stereocenters. The molecule has 0 aromatic carbocycles. The number of anilines is 1. The third-order valence-electron chi connectivity index (χ3n) is 8.51. The van der Waals surface area contributed by atoms with Gasteiger partial charge in [-0.2, -0.15) is 5.10 Å². The summed E-state index contributed by atoms with van der Waals surface area (Å²) in [6.45, 7) is 0. The summed E-state index contributed by atoms with van der Waals surface area (Å²) >= 11 is 6.62. The average molecular weight is 448 g/mol. The van der Waals surface area contributed by atoms with Crippen LogP contribution in [0.25, 0.3) is 0 Å². The van der Waals surface area contributed by atoms with Gasteiger partial charge >= 0.3 is 5.97 Å². The highest BCUT2D eigenvalue weighted by atomic mass is 35.5. The zero-order valence-electron chi connectivity index (χ0n) is 18.2. The standard InChI is InChI=1S/C24H34ClN3O3/c25-21-19(27-18-6-4-2-1-3-5-7-18)14-26-28(22(21)31)24-11-16-8-17(12-24)10-23(9-16,15-24)13-20(29)30/h14,16-18,27H,1-13,15H2,(H,29,30)/t16-,17+,23?,24?. The highest BCUT2D eigenvalue weighted by Gasteiger charge is 2.59. The Morgan fingerprint density at radius 1 is 1.13 bits per heavy atom. The van der Waals surface area contributed by atoms with E-state index in [1.54, 1.807) is 10.9 Å². The van der Waals surface area contributed by atoms with Crippen LogP contribution in [0.3, 0.4) is 0 Å². The van der Waals surface area contributed by atoms with E-state index in [4.69, 9.17) is 11.6 Å². The lowest BCUT2D eigenvalue weighted by Gasteiger charge is -2.61. The smallest absolute Gasteiger partial charge is 0.303 e. The van der Waals surface area contributed by atoms with Gasteiger partial charge in [0.05, 0.1) is 23.8 Å². The van der Waals surface area contributed by atoms with Crippen molar-refractivity contribution < 1.29 is 9.90 Å². The summed E-state index contributed by atoms with van der Waals surface area (Å²) in [4.78, 5) is 25.0. The Morgan fingerprint density at radius 2 is 1.77 bits per heavy atom. The van der Waals surface area contributed by atoms with Crippen LogP contribution in [0.5, 0.6) is 0 Å². The lowest BCUT2D eigenvalue weighted by atomic mass is 9.46. The summed E-state index contributed by atoms with van der Waals surface area (Å²) in [7, 11) is 0. The fourth-order valence-corrected chi connectivity index (χ4v) is 8.05. The van der Waals surface area contributed by atoms with Gasteiger partial charge in [-0.3, -0.25) is 9.59 Å². The van der Waals surface area contributed by atoms with Gasteiger partial charge in [0.1, 0.15) is 5.02 Å². The fraction of sp³-hybridized carbons (Fsp3) is 0.792. The molecular weight excluding hydrogens is 414 g/mol. The van der Waals surface area contributed by atoms with Gasteiger partial charge in [0.2, 0.25) is 0 Å². The molecule has 1 aromatic heterocycles. The summed E-state index contributed by atoms with van der Waals surface area (Å²) in [5, 5.41) is 17.9. The van der Waals surface area contributed by atoms with E-state index in [-0.39, 0.29) is 28.0 Å². The molecule has 0 aliphatic heterocycles. The van der Waals surface area contributed by atoms with Crippen LogP contribution in [0.1, 0.15) is 89.9 Å². The highest BCUT2D eigenvalue weighted by molar-refractivity contribution is 6.32. The molecule has 170 valence electrons. The Kier molecular flexibility index (Phi) is 5.56. The largest absolute Gasteiger partial charge is 0.481 e. The van der Waals surface area contributed by atoms with Crippen molar-refractivity contribution in [3.05, 3.63) is 21.6 Å². The van der Waals surface area contributed by atoms with Crippen molar-refractivity contribution in [1.29, 1.82) is 0 Å². The van der Waals surface area contributed by atoms with Crippen LogP contribution in [-0.2, 0) is 10.3 Å². The first kappa shape index (κ1) is 21.3. The van der Waals surface area contributed by atoms with Crippen LogP contribution >= 0.6 is 11.6 Å². The first-order valence-electron chi connectivity index (χ1n) is 12.1. The zero-order valence-corrected chi connectivity index (χ0v) is 19.0.